The molecule has 3 nitrogen and oxygen atoms in total. The van der Waals surface area contributed by atoms with Crippen molar-refractivity contribution in [2.75, 3.05) is 7.05 Å². The summed E-state index contributed by atoms with van der Waals surface area (Å²) in [4.78, 5) is 10.6. The number of allylic oxidation sites excluding steroid dienone is 5. The highest BCUT2D eigenvalue weighted by Gasteiger charge is 2.21. The van der Waals surface area contributed by atoms with Gasteiger partial charge in [0, 0.05) is 12.8 Å². The Balaban J connectivity index is -0.000000533. The van der Waals surface area contributed by atoms with Crippen LogP contribution in [-0.4, -0.2) is 18.8 Å². The summed E-state index contributed by atoms with van der Waals surface area (Å²) in [5, 5.41) is 8.73. The van der Waals surface area contributed by atoms with Gasteiger partial charge >= 0.3 is 0 Å². The minimum atomic E-state index is -2.74. The molecule has 1 aromatic carbocycles. The van der Waals surface area contributed by atoms with Gasteiger partial charge in [-0.1, -0.05) is 110 Å². The molecule has 0 radical (unpaired) electrons. The van der Waals surface area contributed by atoms with E-state index in [2.05, 4.69) is 44.4 Å². The van der Waals surface area contributed by atoms with Crippen LogP contribution in [-0.2, 0) is 11.2 Å². The number of rotatable bonds is 8. The average Bonchev–Trinajstić information content (AvgIpc) is 3.75. The Kier molecular flexibility index (Phi) is 28.8. The molecule has 2 aliphatic rings. The van der Waals surface area contributed by atoms with Crippen molar-refractivity contribution in [2.45, 2.75) is 119 Å². The molecule has 0 unspecified atom stereocenters. The zero-order valence-corrected chi connectivity index (χ0v) is 27.6. The molecule has 2 saturated carbocycles. The lowest BCUT2D eigenvalue weighted by atomic mass is 9.80. The SMILES string of the molecule is C=C/C=C(\C=C/CC(C)=O)CC(C)(F)F.CC.CC.CC1CC1.CC1CCC(Cc2ccc(C#N)cc2)CC1.CN. The molecule has 234 valence electrons. The third-order valence-electron chi connectivity index (χ3n) is 6.19. The quantitative estimate of drug-likeness (QED) is 0.314. The summed E-state index contributed by atoms with van der Waals surface area (Å²) in [5.74, 6) is 0.142. The fraction of sp³-hybridized carbons (Fsp3) is 0.611. The molecule has 2 fully saturated rings. The molecule has 41 heavy (non-hydrogen) atoms. The van der Waals surface area contributed by atoms with Crippen LogP contribution in [0.3, 0.4) is 0 Å². The van der Waals surface area contributed by atoms with E-state index in [0.29, 0.717) is 5.57 Å². The lowest BCUT2D eigenvalue weighted by Gasteiger charge is -2.26. The Hall–Kier alpha value is -2.58. The highest BCUT2D eigenvalue weighted by Crippen LogP contribution is 2.30. The number of Topliss-reactive ketones (excluding diaryl/α,β-unsaturated/α-hetero) is 1. The Morgan fingerprint density at radius 1 is 1.00 bits per heavy atom. The topological polar surface area (TPSA) is 66.9 Å². The van der Waals surface area contributed by atoms with Gasteiger partial charge in [-0.2, -0.15) is 5.26 Å². The van der Waals surface area contributed by atoms with Gasteiger partial charge in [0.25, 0.3) is 0 Å². The Bertz CT molecular complexity index is 864. The molecule has 2 N–H and O–H groups in total. The molecule has 3 rings (SSSR count). The van der Waals surface area contributed by atoms with Gasteiger partial charge in [-0.05, 0) is 81.2 Å². The first kappa shape index (κ1) is 42.9. The van der Waals surface area contributed by atoms with Crippen molar-refractivity contribution in [2.24, 2.45) is 23.5 Å². The lowest BCUT2D eigenvalue weighted by Crippen LogP contribution is -2.14. The molecule has 0 aromatic heterocycles. The van der Waals surface area contributed by atoms with Gasteiger partial charge in [-0.15, -0.1) is 0 Å². The molecule has 0 atom stereocenters. The molecular formula is C36H60F2N2O. The van der Waals surface area contributed by atoms with Crippen molar-refractivity contribution in [1.29, 1.82) is 5.26 Å². The van der Waals surface area contributed by atoms with E-state index in [-0.39, 0.29) is 18.6 Å². The van der Waals surface area contributed by atoms with Crippen molar-refractivity contribution < 1.29 is 13.6 Å². The van der Waals surface area contributed by atoms with Crippen LogP contribution in [0.25, 0.3) is 0 Å². The number of hydrogen-bond acceptors (Lipinski definition) is 3. The fourth-order valence-corrected chi connectivity index (χ4v) is 3.81. The smallest absolute Gasteiger partial charge is 0.249 e. The van der Waals surface area contributed by atoms with Crippen LogP contribution in [0.4, 0.5) is 8.78 Å². The number of ketones is 1. The number of nitrogens with two attached hydrogens (primary N) is 1. The van der Waals surface area contributed by atoms with Gasteiger partial charge in [0.15, 0.2) is 0 Å². The maximum Gasteiger partial charge on any atom is 0.249 e. The molecule has 0 saturated heterocycles. The number of hydrogen-bond donors (Lipinski definition) is 1. The number of nitriles is 1. The maximum atomic E-state index is 12.7. The number of halogens is 2. The van der Waals surface area contributed by atoms with E-state index in [1.807, 2.05) is 39.8 Å². The third kappa shape index (κ3) is 28.7. The monoisotopic (exact) mass is 574 g/mol. The van der Waals surface area contributed by atoms with Crippen LogP contribution in [0.15, 0.2) is 60.7 Å². The van der Waals surface area contributed by atoms with Gasteiger partial charge in [-0.3, -0.25) is 4.79 Å². The van der Waals surface area contributed by atoms with E-state index in [9.17, 15) is 13.6 Å². The Morgan fingerprint density at radius 3 is 1.83 bits per heavy atom. The standard InChI is InChI=1S/C15H19N.C12H16F2O.C4H8.2C2H6.CH5N/c1-12-2-4-13(5-3-12)10-14-6-8-15(11-16)9-7-14;1-4-6-11(9-12(3,13)14)8-5-7-10(2)15;1-4-2-3-4;3*1-2/h6-9,12-13H,2-5,10H2,1H3;4-6,8H,1,7,9H2,2-3H3;4H,2-3H2,1H3;2*1-2H3;2H2,1H3/b;8-5-,11-6+;;;;. The Labute approximate surface area is 252 Å². The number of nitrogens with zero attached hydrogens (tertiary/aromatic N) is 1. The summed E-state index contributed by atoms with van der Waals surface area (Å²) >= 11 is 0. The van der Waals surface area contributed by atoms with Crippen LogP contribution in [0.5, 0.6) is 0 Å². The highest BCUT2D eigenvalue weighted by atomic mass is 19.3. The van der Waals surface area contributed by atoms with Crippen LogP contribution < -0.4 is 5.73 Å². The van der Waals surface area contributed by atoms with Crippen LogP contribution in [0, 0.1) is 29.1 Å². The summed E-state index contributed by atoms with van der Waals surface area (Å²) in [5.41, 5.74) is 7.12. The molecule has 0 spiro atoms. The zero-order valence-electron chi connectivity index (χ0n) is 27.6. The molecule has 2 aliphatic carbocycles. The van der Waals surface area contributed by atoms with Gasteiger partial charge in [0.2, 0.25) is 5.92 Å². The predicted octanol–water partition coefficient (Wildman–Crippen LogP) is 10.7. The molecule has 1 aromatic rings. The van der Waals surface area contributed by atoms with Crippen molar-refractivity contribution in [3.05, 3.63) is 71.8 Å². The summed E-state index contributed by atoms with van der Waals surface area (Å²) in [6.45, 7) is 18.4. The first-order valence-electron chi connectivity index (χ1n) is 15.4. The van der Waals surface area contributed by atoms with E-state index >= 15 is 0 Å². The first-order chi connectivity index (χ1) is 19.5. The van der Waals surface area contributed by atoms with Crippen molar-refractivity contribution in [3.8, 4) is 6.07 Å². The summed E-state index contributed by atoms with van der Waals surface area (Å²) in [6.07, 6.45) is 15.7. The van der Waals surface area contributed by atoms with Crippen molar-refractivity contribution in [1.82, 2.24) is 0 Å². The highest BCUT2D eigenvalue weighted by molar-refractivity contribution is 5.77. The van der Waals surface area contributed by atoms with Gasteiger partial charge in [0.1, 0.15) is 5.78 Å². The van der Waals surface area contributed by atoms with Crippen LogP contribution in [0.1, 0.15) is 118 Å². The second-order valence-electron chi connectivity index (χ2n) is 10.4. The van der Waals surface area contributed by atoms with E-state index in [4.69, 9.17) is 5.26 Å². The number of carbonyl (C=O) groups is 1. The van der Waals surface area contributed by atoms with Crippen LogP contribution >= 0.6 is 0 Å². The maximum absolute atomic E-state index is 12.7. The fourth-order valence-electron chi connectivity index (χ4n) is 3.81. The van der Waals surface area contributed by atoms with Gasteiger partial charge < -0.3 is 5.73 Å². The normalized spacial score (nSPS) is 17.6. The van der Waals surface area contributed by atoms with E-state index in [1.165, 1.54) is 76.6 Å². The molecule has 0 bridgehead atoms. The molecule has 5 heteroatoms. The van der Waals surface area contributed by atoms with Gasteiger partial charge in [-0.25, -0.2) is 8.78 Å². The third-order valence-corrected chi connectivity index (χ3v) is 6.19. The van der Waals surface area contributed by atoms with E-state index < -0.39 is 5.92 Å². The number of alkyl halides is 2. The van der Waals surface area contributed by atoms with Crippen LogP contribution in [0.2, 0.25) is 0 Å². The molecular weight excluding hydrogens is 514 g/mol. The van der Waals surface area contributed by atoms with E-state index in [1.54, 1.807) is 12.2 Å². The minimum absolute atomic E-state index is 0.00691. The molecule has 0 aliphatic heterocycles. The number of benzene rings is 1. The summed E-state index contributed by atoms with van der Waals surface area (Å²) < 4.78 is 25.4. The molecule has 0 amide bonds. The van der Waals surface area contributed by atoms with Gasteiger partial charge in [0.05, 0.1) is 11.6 Å². The minimum Gasteiger partial charge on any atom is -0.333 e. The lowest BCUT2D eigenvalue weighted by molar-refractivity contribution is -0.116. The van der Waals surface area contributed by atoms with Crippen molar-refractivity contribution in [3.63, 3.8) is 0 Å². The second-order valence-corrected chi connectivity index (χ2v) is 10.4. The van der Waals surface area contributed by atoms with E-state index in [0.717, 1.165) is 30.2 Å². The first-order valence-corrected chi connectivity index (χ1v) is 15.4. The molecule has 0 heterocycles. The largest absolute Gasteiger partial charge is 0.333 e. The number of carbonyl (C=O) groups excluding carboxylic acids is 1. The summed E-state index contributed by atoms with van der Waals surface area (Å²) in [6, 6.07) is 10.2. The Morgan fingerprint density at radius 2 is 1.46 bits per heavy atom. The second kappa shape index (κ2) is 27.6. The zero-order chi connectivity index (χ0) is 32.3. The average molecular weight is 575 g/mol. The predicted molar refractivity (Wildman–Crippen MR) is 175 cm³/mol. The summed E-state index contributed by atoms with van der Waals surface area (Å²) in [7, 11) is 1.50. The van der Waals surface area contributed by atoms with Crippen molar-refractivity contribution >= 4 is 5.78 Å².